The Morgan fingerprint density at radius 3 is 2.55 bits per heavy atom. The van der Waals surface area contributed by atoms with Crippen molar-refractivity contribution in [2.75, 3.05) is 7.11 Å². The van der Waals surface area contributed by atoms with E-state index in [1.807, 2.05) is 24.3 Å². The van der Waals surface area contributed by atoms with Gasteiger partial charge < -0.3 is 9.47 Å². The van der Waals surface area contributed by atoms with Crippen molar-refractivity contribution >= 4 is 5.91 Å². The van der Waals surface area contributed by atoms with Crippen molar-refractivity contribution in [3.8, 4) is 11.5 Å². The molecule has 2 aromatic carbocycles. The fourth-order valence-electron chi connectivity index (χ4n) is 1.68. The molecule has 5 nitrogen and oxygen atoms in total. The van der Waals surface area contributed by atoms with E-state index in [4.69, 9.17) is 14.7 Å². The number of nitrogens with one attached hydrogen (secondary N) is 1. The maximum atomic E-state index is 11.3. The van der Waals surface area contributed by atoms with Gasteiger partial charge in [0.05, 0.1) is 7.11 Å². The molecule has 0 fully saturated rings. The van der Waals surface area contributed by atoms with Crippen molar-refractivity contribution in [1.82, 2.24) is 5.48 Å². The van der Waals surface area contributed by atoms with Crippen LogP contribution in [0.25, 0.3) is 0 Å². The Morgan fingerprint density at radius 1 is 1.15 bits per heavy atom. The van der Waals surface area contributed by atoms with E-state index >= 15 is 0 Å². The average Bonchev–Trinajstić information content (AvgIpc) is 2.53. The van der Waals surface area contributed by atoms with Crippen molar-refractivity contribution in [1.29, 1.82) is 0 Å². The summed E-state index contributed by atoms with van der Waals surface area (Å²) >= 11 is 0. The van der Waals surface area contributed by atoms with Crippen LogP contribution in [0.1, 0.15) is 15.9 Å². The van der Waals surface area contributed by atoms with Crippen molar-refractivity contribution in [2.24, 2.45) is 0 Å². The maximum absolute atomic E-state index is 11.3. The average molecular weight is 273 g/mol. The molecule has 0 saturated carbocycles. The molecule has 0 aliphatic rings. The Bertz CT molecular complexity index is 581. The Labute approximate surface area is 116 Å². The second-order valence-electron chi connectivity index (χ2n) is 4.11. The molecule has 2 rings (SSSR count). The van der Waals surface area contributed by atoms with Gasteiger partial charge in [-0.1, -0.05) is 18.2 Å². The lowest BCUT2D eigenvalue weighted by Gasteiger charge is -2.08. The maximum Gasteiger partial charge on any atom is 0.274 e. The molecule has 0 aromatic heterocycles. The van der Waals surface area contributed by atoms with Crippen LogP contribution < -0.4 is 15.0 Å². The highest BCUT2D eigenvalue weighted by atomic mass is 16.5. The molecule has 0 spiro atoms. The lowest BCUT2D eigenvalue weighted by atomic mass is 10.2. The van der Waals surface area contributed by atoms with E-state index in [9.17, 15) is 4.79 Å². The zero-order valence-electron chi connectivity index (χ0n) is 11.0. The van der Waals surface area contributed by atoms with Gasteiger partial charge in [-0.3, -0.25) is 10.0 Å². The lowest BCUT2D eigenvalue weighted by molar-refractivity contribution is 0.0706. The second kappa shape index (κ2) is 6.58. The molecular weight excluding hydrogens is 258 g/mol. The molecule has 1 amide bonds. The molecule has 0 aliphatic heterocycles. The molecule has 20 heavy (non-hydrogen) atoms. The molecule has 0 heterocycles. The van der Waals surface area contributed by atoms with Crippen molar-refractivity contribution in [3.63, 3.8) is 0 Å². The fourth-order valence-corrected chi connectivity index (χ4v) is 1.68. The van der Waals surface area contributed by atoms with Crippen LogP contribution >= 0.6 is 0 Å². The highest BCUT2D eigenvalue weighted by Gasteiger charge is 2.05. The minimum Gasteiger partial charge on any atom is -0.497 e. The van der Waals surface area contributed by atoms with Gasteiger partial charge in [0.1, 0.15) is 18.1 Å². The highest BCUT2D eigenvalue weighted by molar-refractivity contribution is 5.93. The van der Waals surface area contributed by atoms with Crippen LogP contribution in [-0.2, 0) is 6.61 Å². The molecule has 0 atom stereocenters. The summed E-state index contributed by atoms with van der Waals surface area (Å²) < 4.78 is 10.7. The highest BCUT2D eigenvalue weighted by Crippen LogP contribution is 2.17. The van der Waals surface area contributed by atoms with Gasteiger partial charge >= 0.3 is 0 Å². The molecular formula is C15H15NO4. The van der Waals surface area contributed by atoms with Crippen LogP contribution in [0.15, 0.2) is 48.5 Å². The first kappa shape index (κ1) is 13.9. The SMILES string of the molecule is COc1ccc(COc2cccc(C(=O)NO)c2)cc1. The lowest BCUT2D eigenvalue weighted by Crippen LogP contribution is -2.18. The predicted octanol–water partition coefficient (Wildman–Crippen LogP) is 2.39. The summed E-state index contributed by atoms with van der Waals surface area (Å²) in [5.41, 5.74) is 2.91. The van der Waals surface area contributed by atoms with E-state index in [2.05, 4.69) is 0 Å². The monoisotopic (exact) mass is 273 g/mol. The molecule has 5 heteroatoms. The van der Waals surface area contributed by atoms with Crippen molar-refractivity contribution in [3.05, 3.63) is 59.7 Å². The van der Waals surface area contributed by atoms with Crippen LogP contribution in [0.2, 0.25) is 0 Å². The number of ether oxygens (including phenoxy) is 2. The van der Waals surface area contributed by atoms with E-state index in [-0.39, 0.29) is 0 Å². The molecule has 104 valence electrons. The van der Waals surface area contributed by atoms with Gasteiger partial charge in [0.2, 0.25) is 0 Å². The van der Waals surface area contributed by atoms with Gasteiger partial charge in [0, 0.05) is 5.56 Å². The molecule has 0 radical (unpaired) electrons. The van der Waals surface area contributed by atoms with E-state index in [1.54, 1.807) is 36.9 Å². The number of rotatable bonds is 5. The quantitative estimate of drug-likeness (QED) is 0.648. The minimum atomic E-state index is -0.570. The largest absolute Gasteiger partial charge is 0.497 e. The van der Waals surface area contributed by atoms with E-state index in [0.29, 0.717) is 17.9 Å². The number of carbonyl (C=O) groups is 1. The van der Waals surface area contributed by atoms with Gasteiger partial charge in [-0.15, -0.1) is 0 Å². The summed E-state index contributed by atoms with van der Waals surface area (Å²) in [7, 11) is 1.61. The third-order valence-electron chi connectivity index (χ3n) is 2.76. The van der Waals surface area contributed by atoms with Crippen LogP contribution in [0.5, 0.6) is 11.5 Å². The number of benzene rings is 2. The number of hydrogen-bond donors (Lipinski definition) is 2. The topological polar surface area (TPSA) is 67.8 Å². The van der Waals surface area contributed by atoms with Crippen LogP contribution in [0, 0.1) is 0 Å². The van der Waals surface area contributed by atoms with E-state index in [0.717, 1.165) is 11.3 Å². The minimum absolute atomic E-state index is 0.333. The molecule has 0 aliphatic carbocycles. The predicted molar refractivity (Wildman–Crippen MR) is 73.0 cm³/mol. The molecule has 0 unspecified atom stereocenters. The zero-order valence-corrected chi connectivity index (χ0v) is 11.0. The first-order valence-corrected chi connectivity index (χ1v) is 6.03. The molecule has 2 aromatic rings. The Hall–Kier alpha value is -2.53. The van der Waals surface area contributed by atoms with E-state index in [1.165, 1.54) is 0 Å². The first-order chi connectivity index (χ1) is 9.72. The number of amides is 1. The summed E-state index contributed by atoms with van der Waals surface area (Å²) in [6, 6.07) is 14.1. The van der Waals surface area contributed by atoms with Crippen LogP contribution in [0.4, 0.5) is 0 Å². The Kier molecular flexibility index (Phi) is 4.57. The summed E-state index contributed by atoms with van der Waals surface area (Å²) in [6.07, 6.45) is 0. The third-order valence-corrected chi connectivity index (χ3v) is 2.76. The van der Waals surface area contributed by atoms with Gasteiger partial charge in [-0.2, -0.15) is 0 Å². The third kappa shape index (κ3) is 3.49. The molecule has 0 bridgehead atoms. The standard InChI is InChI=1S/C15H15NO4/c1-19-13-7-5-11(6-8-13)10-20-14-4-2-3-12(9-14)15(17)16-18/h2-9,18H,10H2,1H3,(H,16,17). The van der Waals surface area contributed by atoms with Gasteiger partial charge in [-0.05, 0) is 35.9 Å². The van der Waals surface area contributed by atoms with Gasteiger partial charge in [-0.25, -0.2) is 5.48 Å². The first-order valence-electron chi connectivity index (χ1n) is 6.03. The molecule has 0 saturated heterocycles. The number of hydrogen-bond acceptors (Lipinski definition) is 4. The summed E-state index contributed by atoms with van der Waals surface area (Å²) in [5, 5.41) is 8.58. The van der Waals surface area contributed by atoms with Crippen molar-refractivity contribution < 1.29 is 19.5 Å². The fraction of sp³-hybridized carbons (Fsp3) is 0.133. The van der Waals surface area contributed by atoms with Crippen LogP contribution in [-0.4, -0.2) is 18.2 Å². The Morgan fingerprint density at radius 2 is 1.90 bits per heavy atom. The normalized spacial score (nSPS) is 9.90. The second-order valence-corrected chi connectivity index (χ2v) is 4.11. The summed E-state index contributed by atoms with van der Waals surface area (Å²) in [6.45, 7) is 0.383. The number of hydroxylamine groups is 1. The van der Waals surface area contributed by atoms with Crippen LogP contribution in [0.3, 0.4) is 0 Å². The Balaban J connectivity index is 2.01. The number of methoxy groups -OCH3 is 1. The van der Waals surface area contributed by atoms with Crippen molar-refractivity contribution in [2.45, 2.75) is 6.61 Å². The summed E-state index contributed by atoms with van der Waals surface area (Å²) in [5.74, 6) is 0.775. The number of carbonyl (C=O) groups excluding carboxylic acids is 1. The van der Waals surface area contributed by atoms with Gasteiger partial charge in [0.15, 0.2) is 0 Å². The zero-order chi connectivity index (χ0) is 14.4. The summed E-state index contributed by atoms with van der Waals surface area (Å²) in [4.78, 5) is 11.3. The molecule has 2 N–H and O–H groups in total. The smallest absolute Gasteiger partial charge is 0.274 e. The van der Waals surface area contributed by atoms with E-state index < -0.39 is 5.91 Å². The van der Waals surface area contributed by atoms with Gasteiger partial charge in [0.25, 0.3) is 5.91 Å².